The number of fused-ring (bicyclic) bond motifs is 4. The zero-order valence-electron chi connectivity index (χ0n) is 13.4. The van der Waals surface area contributed by atoms with Gasteiger partial charge in [-0.3, -0.25) is 19.3 Å². The third-order valence-corrected chi connectivity index (χ3v) is 4.48. The lowest BCUT2D eigenvalue weighted by Crippen LogP contribution is -2.53. The number of aromatic nitrogens is 1. The van der Waals surface area contributed by atoms with Crippen molar-refractivity contribution in [3.05, 3.63) is 64.1 Å². The number of nitrogens with zero attached hydrogens (tertiary/aromatic N) is 3. The highest BCUT2D eigenvalue weighted by atomic mass is 16.5. The van der Waals surface area contributed by atoms with Gasteiger partial charge >= 0.3 is 0 Å². The van der Waals surface area contributed by atoms with Crippen LogP contribution in [0.2, 0.25) is 0 Å². The third kappa shape index (κ3) is 2.54. The van der Waals surface area contributed by atoms with Crippen molar-refractivity contribution in [1.29, 1.82) is 0 Å². The molecule has 1 fully saturated rings. The second-order valence-electron chi connectivity index (χ2n) is 6.12. The second-order valence-corrected chi connectivity index (χ2v) is 6.12. The van der Waals surface area contributed by atoms with Gasteiger partial charge in [-0.15, -0.1) is 0 Å². The van der Waals surface area contributed by atoms with Gasteiger partial charge in [0.2, 0.25) is 5.43 Å². The van der Waals surface area contributed by atoms with E-state index in [2.05, 4.69) is 5.01 Å². The van der Waals surface area contributed by atoms with Gasteiger partial charge in [0.1, 0.15) is 13.3 Å². The highest BCUT2D eigenvalue weighted by Gasteiger charge is 2.33. The summed E-state index contributed by atoms with van der Waals surface area (Å²) in [5.41, 5.74) is 1.04. The van der Waals surface area contributed by atoms with Crippen molar-refractivity contribution in [2.75, 3.05) is 24.8 Å². The van der Waals surface area contributed by atoms with E-state index < -0.39 is 0 Å². The molecule has 6 heteroatoms. The van der Waals surface area contributed by atoms with Crippen LogP contribution in [0.15, 0.2) is 47.4 Å². The molecular formula is C18H19N3O3. The van der Waals surface area contributed by atoms with Crippen LogP contribution in [-0.2, 0) is 6.61 Å². The predicted molar refractivity (Wildman–Crippen MR) is 89.7 cm³/mol. The first-order valence-corrected chi connectivity index (χ1v) is 8.21. The number of benzene rings is 1. The molecule has 0 saturated carbocycles. The fourth-order valence-corrected chi connectivity index (χ4v) is 3.24. The van der Waals surface area contributed by atoms with E-state index in [0.717, 1.165) is 31.5 Å². The molecule has 0 atom stereocenters. The molecule has 1 aromatic carbocycles. The van der Waals surface area contributed by atoms with E-state index in [4.69, 9.17) is 4.74 Å². The lowest BCUT2D eigenvalue weighted by molar-refractivity contribution is 0.0700. The van der Waals surface area contributed by atoms with Crippen molar-refractivity contribution in [2.45, 2.75) is 19.4 Å². The predicted octanol–water partition coefficient (Wildman–Crippen LogP) is 1.57. The average Bonchev–Trinajstić information content (AvgIpc) is 2.83. The molecule has 0 N–H and O–H groups in total. The zero-order valence-corrected chi connectivity index (χ0v) is 13.4. The summed E-state index contributed by atoms with van der Waals surface area (Å²) in [4.78, 5) is 26.9. The highest BCUT2D eigenvalue weighted by Crippen LogP contribution is 2.23. The number of pyridine rings is 1. The first kappa shape index (κ1) is 14.8. The van der Waals surface area contributed by atoms with Gasteiger partial charge in [0.05, 0.1) is 0 Å². The Kier molecular flexibility index (Phi) is 3.72. The summed E-state index contributed by atoms with van der Waals surface area (Å²) in [5, 5.41) is 2.08. The molecule has 0 radical (unpaired) electrons. The van der Waals surface area contributed by atoms with Gasteiger partial charge in [0.25, 0.3) is 5.91 Å². The van der Waals surface area contributed by atoms with Gasteiger partial charge in [-0.2, -0.15) is 0 Å². The molecule has 1 amide bonds. The van der Waals surface area contributed by atoms with Gasteiger partial charge in [-0.05, 0) is 18.4 Å². The molecule has 0 spiro atoms. The van der Waals surface area contributed by atoms with Gasteiger partial charge in [-0.25, -0.2) is 0 Å². The zero-order chi connectivity index (χ0) is 16.5. The van der Waals surface area contributed by atoms with E-state index in [-0.39, 0.29) is 23.7 Å². The molecular weight excluding hydrogens is 306 g/mol. The maximum atomic E-state index is 12.8. The fraction of sp³-hybridized carbons (Fsp3) is 0.333. The van der Waals surface area contributed by atoms with Gasteiger partial charge in [0.15, 0.2) is 11.4 Å². The van der Waals surface area contributed by atoms with Crippen LogP contribution in [0, 0.1) is 0 Å². The van der Waals surface area contributed by atoms with Crippen molar-refractivity contribution >= 4 is 5.91 Å². The number of hydrogen-bond acceptors (Lipinski definition) is 4. The van der Waals surface area contributed by atoms with Gasteiger partial charge in [0, 0.05) is 25.4 Å². The second kappa shape index (κ2) is 6.03. The first-order valence-electron chi connectivity index (χ1n) is 8.21. The number of carbonyl (C=O) groups excluding carboxylic acids is 1. The van der Waals surface area contributed by atoms with Crippen LogP contribution in [0.5, 0.6) is 5.75 Å². The van der Waals surface area contributed by atoms with Crippen LogP contribution in [0.25, 0.3) is 0 Å². The van der Waals surface area contributed by atoms with Gasteiger partial charge in [-0.1, -0.05) is 30.3 Å². The summed E-state index contributed by atoms with van der Waals surface area (Å²) < 4.78 is 7.57. The van der Waals surface area contributed by atoms with E-state index >= 15 is 0 Å². The quantitative estimate of drug-likeness (QED) is 0.860. The average molecular weight is 325 g/mol. The lowest BCUT2D eigenvalue weighted by atomic mass is 10.2. The smallest absolute Gasteiger partial charge is 0.277 e. The molecule has 2 aromatic rings. The summed E-state index contributed by atoms with van der Waals surface area (Å²) in [6.07, 6.45) is 3.67. The topological polar surface area (TPSA) is 54.8 Å². The van der Waals surface area contributed by atoms with E-state index in [9.17, 15) is 9.59 Å². The molecule has 1 saturated heterocycles. The number of rotatable bonds is 3. The minimum Gasteiger partial charge on any atom is -0.482 e. The Morgan fingerprint density at radius 2 is 1.79 bits per heavy atom. The van der Waals surface area contributed by atoms with Gasteiger partial charge < -0.3 is 9.64 Å². The van der Waals surface area contributed by atoms with Crippen LogP contribution < -0.4 is 15.2 Å². The molecule has 24 heavy (non-hydrogen) atoms. The minimum absolute atomic E-state index is 0.131. The maximum absolute atomic E-state index is 12.8. The number of carbonyl (C=O) groups is 1. The number of amides is 1. The monoisotopic (exact) mass is 325 g/mol. The molecule has 2 aliphatic rings. The SMILES string of the molecule is O=C1c2c(OCc3ccccc3)c(=O)ccn2N2CCCCN1C2. The van der Waals surface area contributed by atoms with E-state index in [1.165, 1.54) is 6.07 Å². The minimum atomic E-state index is -0.258. The third-order valence-electron chi connectivity index (χ3n) is 4.48. The van der Waals surface area contributed by atoms with Crippen LogP contribution >= 0.6 is 0 Å². The Bertz CT molecular complexity index is 816. The van der Waals surface area contributed by atoms with Crippen LogP contribution in [0.3, 0.4) is 0 Å². The van der Waals surface area contributed by atoms with Crippen LogP contribution in [-0.4, -0.2) is 35.2 Å². The van der Waals surface area contributed by atoms with Crippen molar-refractivity contribution < 1.29 is 9.53 Å². The van der Waals surface area contributed by atoms with Crippen molar-refractivity contribution in [3.63, 3.8) is 0 Å². The van der Waals surface area contributed by atoms with Crippen molar-refractivity contribution in [2.24, 2.45) is 0 Å². The Balaban J connectivity index is 1.73. The largest absolute Gasteiger partial charge is 0.482 e. The normalized spacial score (nSPS) is 16.6. The number of hydrogen-bond donors (Lipinski definition) is 0. The first-order chi connectivity index (χ1) is 11.7. The van der Waals surface area contributed by atoms with Crippen LogP contribution in [0.1, 0.15) is 28.9 Å². The molecule has 2 bridgehead atoms. The summed E-state index contributed by atoms with van der Waals surface area (Å²) >= 11 is 0. The molecule has 6 nitrogen and oxygen atoms in total. The fourth-order valence-electron chi connectivity index (χ4n) is 3.24. The molecule has 1 aromatic heterocycles. The molecule has 0 aliphatic carbocycles. The summed E-state index contributed by atoms with van der Waals surface area (Å²) in [5.74, 6) is 0.0110. The Hall–Kier alpha value is -2.76. The Morgan fingerprint density at radius 1 is 1.00 bits per heavy atom. The molecule has 124 valence electrons. The number of ether oxygens (including phenoxy) is 1. The summed E-state index contributed by atoms with van der Waals surface area (Å²) in [6, 6.07) is 11.1. The van der Waals surface area contributed by atoms with E-state index in [1.807, 2.05) is 30.3 Å². The molecule has 4 rings (SSSR count). The maximum Gasteiger partial charge on any atom is 0.277 e. The molecule has 0 unspecified atom stereocenters. The van der Waals surface area contributed by atoms with Crippen LogP contribution in [0.4, 0.5) is 0 Å². The summed E-state index contributed by atoms with van der Waals surface area (Å²) in [6.45, 7) is 2.40. The Labute approximate surface area is 139 Å². The highest BCUT2D eigenvalue weighted by molar-refractivity contribution is 5.96. The summed E-state index contributed by atoms with van der Waals surface area (Å²) in [7, 11) is 0. The molecule has 2 aliphatic heterocycles. The lowest BCUT2D eigenvalue weighted by Gasteiger charge is -2.37. The van der Waals surface area contributed by atoms with E-state index in [1.54, 1.807) is 15.8 Å². The molecule has 3 heterocycles. The van der Waals surface area contributed by atoms with Crippen molar-refractivity contribution in [3.8, 4) is 5.75 Å². The van der Waals surface area contributed by atoms with Crippen molar-refractivity contribution in [1.82, 2.24) is 9.58 Å². The Morgan fingerprint density at radius 3 is 2.62 bits per heavy atom. The van der Waals surface area contributed by atoms with E-state index in [0.29, 0.717) is 12.4 Å². The standard InChI is InChI=1S/C18H19N3O3/c22-15-8-11-21-16(17(15)24-12-14-6-2-1-3-7-14)18(23)19-9-4-5-10-20(21)13-19/h1-3,6-8,11H,4-5,9-10,12-13H2.